The van der Waals surface area contributed by atoms with Gasteiger partial charge < -0.3 is 14.2 Å². The molecule has 0 unspecified atom stereocenters. The fourth-order valence-corrected chi connectivity index (χ4v) is 10.3. The van der Waals surface area contributed by atoms with E-state index in [1.807, 2.05) is 192 Å². The Hall–Kier alpha value is -9.48. The minimum Gasteiger partial charge on any atom is -0.493 e. The maximum absolute atomic E-state index is 12.2. The Morgan fingerprint density at radius 2 is 0.378 bits per heavy atom. The first-order chi connectivity index (χ1) is 42.9. The van der Waals surface area contributed by atoms with E-state index in [0.29, 0.717) is 34.8 Å². The van der Waals surface area contributed by atoms with Crippen LogP contribution in [0, 0.1) is 0 Å². The van der Waals surface area contributed by atoms with Crippen molar-refractivity contribution in [2.75, 3.05) is 21.3 Å². The molecule has 0 aromatic heterocycles. The lowest BCUT2D eigenvalue weighted by Gasteiger charge is -2.14. The van der Waals surface area contributed by atoms with Crippen LogP contribution in [0.2, 0.25) is 0 Å². The molecule has 0 aromatic carbocycles. The van der Waals surface area contributed by atoms with Gasteiger partial charge in [0, 0.05) is 50.2 Å². The van der Waals surface area contributed by atoms with Crippen molar-refractivity contribution in [2.24, 2.45) is 0 Å². The number of ether oxygens (including phenoxy) is 3. The summed E-state index contributed by atoms with van der Waals surface area (Å²) in [5, 5.41) is 0. The Morgan fingerprint density at radius 1 is 0.222 bits per heavy atom. The smallest absolute Gasteiger partial charge is 0.223 e. The zero-order chi connectivity index (χ0) is 66.5. The monoisotopic (exact) mass is 1210 g/mol. The first kappa shape index (κ1) is 71.3. The van der Waals surface area contributed by atoms with Crippen molar-refractivity contribution in [3.8, 4) is 0 Å². The number of allylic oxidation sites excluding steroid dienone is 45. The van der Waals surface area contributed by atoms with Crippen LogP contribution in [0.5, 0.6) is 0 Å². The number of ketones is 8. The van der Waals surface area contributed by atoms with Gasteiger partial charge in [0.1, 0.15) is 0 Å². The average molecular weight is 1210 g/mol. The Kier molecular flexibility index (Phi) is 26.7. The van der Waals surface area contributed by atoms with Crippen LogP contribution in [0.25, 0.3) is 0 Å². The lowest BCUT2D eigenvalue weighted by Crippen LogP contribution is -2.11. The third-order valence-corrected chi connectivity index (χ3v) is 15.6. The van der Waals surface area contributed by atoms with Crippen LogP contribution >= 0.6 is 0 Å². The van der Waals surface area contributed by atoms with E-state index in [-0.39, 0.29) is 46.3 Å². The van der Waals surface area contributed by atoms with Crippen molar-refractivity contribution in [3.05, 3.63) is 280 Å². The molecule has 468 valence electrons. The molecule has 0 N–H and O–H groups in total. The van der Waals surface area contributed by atoms with Crippen molar-refractivity contribution in [3.63, 3.8) is 0 Å². The van der Waals surface area contributed by atoms with E-state index in [9.17, 15) is 38.4 Å². The van der Waals surface area contributed by atoms with Crippen LogP contribution in [0.15, 0.2) is 280 Å². The number of Topliss-reactive ketones (excluding diaryl/α,β-unsaturated/α-hetero) is 8. The van der Waals surface area contributed by atoms with Crippen molar-refractivity contribution < 1.29 is 52.6 Å². The van der Waals surface area contributed by atoms with Gasteiger partial charge in [0.2, 0.25) is 17.3 Å². The van der Waals surface area contributed by atoms with Crippen molar-refractivity contribution >= 4 is 46.3 Å². The molecule has 0 aliphatic heterocycles. The van der Waals surface area contributed by atoms with Crippen molar-refractivity contribution in [1.29, 1.82) is 0 Å². The summed E-state index contributed by atoms with van der Waals surface area (Å²) in [5.74, 6) is 1.46. The third kappa shape index (κ3) is 18.8. The second-order valence-corrected chi connectivity index (χ2v) is 22.2. The highest BCUT2D eigenvalue weighted by molar-refractivity contribution is 6.13. The van der Waals surface area contributed by atoms with Crippen LogP contribution in [0.3, 0.4) is 0 Å². The van der Waals surface area contributed by atoms with Crippen LogP contribution < -0.4 is 0 Å². The summed E-state index contributed by atoms with van der Waals surface area (Å²) in [6, 6.07) is 0. The number of methoxy groups -OCH3 is 3. The molecule has 0 bridgehead atoms. The summed E-state index contributed by atoms with van der Waals surface area (Å²) in [6.45, 7) is 24.8. The Bertz CT molecular complexity index is 3430. The molecule has 0 aromatic rings. The topological polar surface area (TPSA) is 164 Å². The molecule has 0 fully saturated rings. The van der Waals surface area contributed by atoms with Gasteiger partial charge in [-0.25, -0.2) is 0 Å². The second kappa shape index (κ2) is 33.8. The second-order valence-electron chi connectivity index (χ2n) is 22.2. The molecule has 11 heteroatoms. The van der Waals surface area contributed by atoms with E-state index < -0.39 is 0 Å². The van der Waals surface area contributed by atoms with Crippen LogP contribution in [0.1, 0.15) is 135 Å². The summed E-state index contributed by atoms with van der Waals surface area (Å²) in [6.07, 6.45) is 50.7. The molecular formula is C79H86O11. The zero-order valence-corrected chi connectivity index (χ0v) is 55.3. The van der Waals surface area contributed by atoms with Gasteiger partial charge in [-0.3, -0.25) is 38.4 Å². The van der Waals surface area contributed by atoms with Gasteiger partial charge in [-0.2, -0.15) is 0 Å². The van der Waals surface area contributed by atoms with Gasteiger partial charge in [-0.05, 0) is 251 Å². The Balaban J connectivity index is 0.000000218. The minimum atomic E-state index is -0.104. The summed E-state index contributed by atoms with van der Waals surface area (Å²) >= 11 is 0. The van der Waals surface area contributed by atoms with E-state index in [4.69, 9.17) is 14.2 Å². The fraction of sp³-hybridized carbons (Fsp3) is 0.291. The van der Waals surface area contributed by atoms with Crippen LogP contribution in [0.4, 0.5) is 0 Å². The number of carbonyl (C=O) groups excluding carboxylic acids is 8. The third-order valence-electron chi connectivity index (χ3n) is 15.6. The minimum absolute atomic E-state index is 0.0491. The van der Waals surface area contributed by atoms with Gasteiger partial charge >= 0.3 is 0 Å². The standard InChI is InChI=1S/C21H24O2.C20H22O3.C20H22O2.C18H18O4/c1-5-17-11-15(10-14(4)20(17)22)8-9-16-12-18(6-2)21(23)19(7-3)13-16;1-5-16-10-14(9-13(3)19(16)21)7-8-15-11-17(6-2)20(22)18(12-15)23-4;1-5-17-11-15(9-13(3)19(17)21)7-8-16-10-14(4)20(22)18(6-2)12-16;1-11-7-13(9-15(21-3)17(11)19)5-6-14-8-12(2)18(20)16(10-14)22-4/h8-13H,5-7H2,1-4H3;7-12H,5-6H2,1-4H3;7-12H,5-6H2,1-4H3;5-10H,1-4H3/b15-8-;14-7-,15-8+;15-7-,16-8-;13-5-,14-6-. The highest BCUT2D eigenvalue weighted by atomic mass is 16.5. The Morgan fingerprint density at radius 3 is 0.589 bits per heavy atom. The molecule has 0 spiro atoms. The number of carbonyl (C=O) groups is 8. The molecule has 0 saturated carbocycles. The van der Waals surface area contributed by atoms with Crippen LogP contribution in [-0.4, -0.2) is 67.6 Å². The lowest BCUT2D eigenvalue weighted by atomic mass is 9.90. The molecular weight excluding hydrogens is 1120 g/mol. The number of hydrogen-bond acceptors (Lipinski definition) is 11. The van der Waals surface area contributed by atoms with Crippen LogP contribution in [-0.2, 0) is 52.6 Å². The summed E-state index contributed by atoms with van der Waals surface area (Å²) in [4.78, 5) is 95.6. The lowest BCUT2D eigenvalue weighted by molar-refractivity contribution is -0.115. The predicted octanol–water partition coefficient (Wildman–Crippen LogP) is 16.6. The zero-order valence-electron chi connectivity index (χ0n) is 55.3. The van der Waals surface area contributed by atoms with Gasteiger partial charge in [0.05, 0.1) is 21.3 Å². The van der Waals surface area contributed by atoms with Crippen molar-refractivity contribution in [2.45, 2.75) is 135 Å². The molecule has 11 nitrogen and oxygen atoms in total. The SMILES string of the molecule is CCC1=C/C(=C\C=C2/C=C(CC)C(=O)C(OC)=C2)C=C(C)C1=O.CCC1=C/C(=C\C=C2C=C(CC)C(=O)C(CC)=C2)C=C(C)C1=O.CCC1=C/C(=C\C=C2\C=C(C)C(=O)C(CC)=C2)C=C(C)C1=O.COC1=C/C(=C\C=C2\C=C(C)C(=O)C(OC)=C2)C=C(C)C1=O. The molecule has 0 amide bonds. The molecule has 8 rings (SSSR count). The maximum Gasteiger partial charge on any atom is 0.223 e. The van der Waals surface area contributed by atoms with E-state index in [2.05, 4.69) is 0 Å². The summed E-state index contributed by atoms with van der Waals surface area (Å²) < 4.78 is 15.3. The first-order valence-corrected chi connectivity index (χ1v) is 30.8. The largest absolute Gasteiger partial charge is 0.493 e. The highest BCUT2D eigenvalue weighted by Crippen LogP contribution is 2.29. The van der Waals surface area contributed by atoms with Gasteiger partial charge in [0.15, 0.2) is 46.2 Å². The van der Waals surface area contributed by atoms with Gasteiger partial charge in [-0.15, -0.1) is 0 Å². The Labute approximate surface area is 532 Å². The molecule has 0 atom stereocenters. The molecule has 8 aliphatic carbocycles. The quantitative estimate of drug-likeness (QED) is 0.163. The predicted molar refractivity (Wildman–Crippen MR) is 361 cm³/mol. The van der Waals surface area contributed by atoms with E-state index in [1.54, 1.807) is 44.2 Å². The highest BCUT2D eigenvalue weighted by Gasteiger charge is 2.23. The van der Waals surface area contributed by atoms with E-state index in [0.717, 1.165) is 144 Å². The van der Waals surface area contributed by atoms with E-state index >= 15 is 0 Å². The summed E-state index contributed by atoms with van der Waals surface area (Å²) in [7, 11) is 4.46. The number of rotatable bonds is 14. The molecule has 90 heavy (non-hydrogen) atoms. The normalized spacial score (nSPS) is 21.7. The summed E-state index contributed by atoms with van der Waals surface area (Å²) in [5.41, 5.74) is 17.9. The number of hydrogen-bond donors (Lipinski definition) is 0. The van der Waals surface area contributed by atoms with E-state index in [1.165, 1.54) is 21.3 Å². The maximum atomic E-state index is 12.2. The molecule has 0 radical (unpaired) electrons. The fourth-order valence-electron chi connectivity index (χ4n) is 10.3. The van der Waals surface area contributed by atoms with Crippen molar-refractivity contribution in [1.82, 2.24) is 0 Å². The molecule has 0 saturated heterocycles. The van der Waals surface area contributed by atoms with Gasteiger partial charge in [0.25, 0.3) is 0 Å². The molecule has 8 aliphatic rings. The van der Waals surface area contributed by atoms with Gasteiger partial charge in [-0.1, -0.05) is 97.1 Å². The first-order valence-electron chi connectivity index (χ1n) is 30.8. The molecule has 0 heterocycles. The average Bonchev–Trinajstić information content (AvgIpc) is 3.21.